The number of primary amides is 1. The molecule has 16 N–H and O–H groups in total. The average Bonchev–Trinajstić information content (AvgIpc) is 0.716. The Morgan fingerprint density at radius 1 is 0.500 bits per heavy atom. The Kier molecular flexibility index (Phi) is 45.4. The number of phenolic OH excluding ortho intramolecular Hbond substituents is 1. The number of hydrogen-bond donors (Lipinski definition) is 14. The fourth-order valence-electron chi connectivity index (χ4n) is 20.4. The Morgan fingerprint density at radius 2 is 1.04 bits per heavy atom. The number of nitrogens with zero attached hydrogens (tertiary/aromatic N) is 1. The summed E-state index contributed by atoms with van der Waals surface area (Å²) < 4.78 is 67.3. The molecule has 140 heavy (non-hydrogen) atoms. The monoisotopic (exact) mass is 1970 g/mol. The van der Waals surface area contributed by atoms with Gasteiger partial charge in [0.1, 0.15) is 30.5 Å². The number of allylic oxidation sites excluding steroid dienone is 1. The number of amides is 11. The highest BCUT2D eigenvalue weighted by Gasteiger charge is 2.59. The smallest absolute Gasteiger partial charge is 0.327 e. The van der Waals surface area contributed by atoms with Crippen LogP contribution >= 0.6 is 7.60 Å². The molecule has 0 spiro atoms. The summed E-state index contributed by atoms with van der Waals surface area (Å²) in [4.78, 5) is 159. The lowest BCUT2D eigenvalue weighted by Gasteiger charge is -2.56. The minimum Gasteiger partial charge on any atom is -0.508 e. The van der Waals surface area contributed by atoms with Crippen LogP contribution in [0.25, 0.3) is 0 Å². The van der Waals surface area contributed by atoms with E-state index in [0.29, 0.717) is 134 Å². The van der Waals surface area contributed by atoms with Crippen molar-refractivity contribution in [3.05, 3.63) is 135 Å². The van der Waals surface area contributed by atoms with Crippen molar-refractivity contribution in [1.29, 1.82) is 0 Å². The molecule has 2 fully saturated rings. The highest BCUT2D eigenvalue weighted by atomic mass is 31.2. The number of carbonyl (C=O) groups excluding carboxylic acids is 10. The first-order valence-electron chi connectivity index (χ1n) is 50.0. The highest BCUT2D eigenvalue weighted by Crippen LogP contribution is 2.60. The number of carbonyl (C=O) groups is 10. The van der Waals surface area contributed by atoms with E-state index >= 15 is 4.79 Å². The predicted octanol–water partition coefficient (Wildman–Crippen LogP) is 8.21. The van der Waals surface area contributed by atoms with Gasteiger partial charge in [-0.25, -0.2) is 4.79 Å². The number of urea groups is 1. The number of ether oxygens (including phenoxy) is 10. The molecule has 0 radical (unpaired) electrons. The van der Waals surface area contributed by atoms with Gasteiger partial charge in [0.15, 0.2) is 0 Å². The summed E-state index contributed by atoms with van der Waals surface area (Å²) in [5.74, 6) is 1.97. The second kappa shape index (κ2) is 56.8. The van der Waals surface area contributed by atoms with Crippen LogP contribution < -0.4 is 64.2 Å². The number of phenols is 1. The Bertz CT molecular complexity index is 4910. The molecule has 772 valence electrons. The number of unbranched alkanes of at least 4 members (excludes halogenated alkanes) is 1. The lowest BCUT2D eigenvalue weighted by atomic mass is 9.49. The van der Waals surface area contributed by atoms with Crippen molar-refractivity contribution in [1.82, 2.24) is 42.5 Å². The molecule has 5 aliphatic carbocycles. The second-order valence-corrected chi connectivity index (χ2v) is 40.2. The minimum atomic E-state index is -4.09. The second-order valence-electron chi connectivity index (χ2n) is 38.4. The molecule has 1 heterocycles. The van der Waals surface area contributed by atoms with Gasteiger partial charge in [-0.1, -0.05) is 122 Å². The number of aromatic hydroxyl groups is 1. The molecule has 10 atom stereocenters. The molecule has 0 saturated heterocycles. The number of benzene rings is 4. The number of hydrogen-bond acceptors (Lipinski definition) is 24. The third-order valence-electron chi connectivity index (χ3n) is 28.0. The predicted molar refractivity (Wildman–Crippen MR) is 526 cm³/mol. The van der Waals surface area contributed by atoms with Crippen molar-refractivity contribution in [2.45, 2.75) is 231 Å². The summed E-state index contributed by atoms with van der Waals surface area (Å²) in [6.45, 7) is 17.4. The van der Waals surface area contributed by atoms with Crippen LogP contribution in [0.5, 0.6) is 5.75 Å². The highest BCUT2D eigenvalue weighted by molar-refractivity contribution is 7.51. The fourth-order valence-corrected chi connectivity index (χ4v) is 20.8. The molecule has 0 bridgehead atoms. The van der Waals surface area contributed by atoms with E-state index in [-0.39, 0.29) is 196 Å². The number of anilines is 2. The van der Waals surface area contributed by atoms with Crippen LogP contribution in [0.4, 0.5) is 16.2 Å². The maximum absolute atomic E-state index is 15.1. The van der Waals surface area contributed by atoms with Crippen LogP contribution in [0.2, 0.25) is 0 Å². The van der Waals surface area contributed by atoms with Gasteiger partial charge in [0.25, 0.3) is 0 Å². The van der Waals surface area contributed by atoms with Crippen LogP contribution in [-0.2, 0) is 125 Å². The number of nitrogens with two attached hydrogens (primary N) is 2. The fraction of sp³-hybridized carbons (Fsp3) is 0.631. The number of aryl methyl sites for hydroxylation is 2. The molecule has 36 nitrogen and oxygen atoms in total. The molecule has 1 unspecified atom stereocenters. The van der Waals surface area contributed by atoms with E-state index in [1.165, 1.54) is 5.56 Å². The molecule has 1 aliphatic heterocycles. The van der Waals surface area contributed by atoms with E-state index in [4.69, 9.17) is 68.6 Å². The van der Waals surface area contributed by atoms with Gasteiger partial charge in [-0.15, -0.1) is 0 Å². The van der Waals surface area contributed by atoms with Crippen molar-refractivity contribution >= 4 is 78.2 Å². The van der Waals surface area contributed by atoms with E-state index in [9.17, 15) is 52.8 Å². The first kappa shape index (κ1) is 112. The van der Waals surface area contributed by atoms with Crippen molar-refractivity contribution in [2.24, 2.45) is 40.1 Å². The van der Waals surface area contributed by atoms with E-state index < -0.39 is 83.6 Å². The zero-order valence-corrected chi connectivity index (χ0v) is 83.4. The SMILES string of the molecule is CC(C)[C@H](NC(=O)[C@@H](CCCCNC(=O)COC1CCCCC/C(NCCOCCOCCOCCOCCOCCP(=O)(O)O)=C\1N)NC(=O)CCOCCOCCOCCOCCNC(=O)CCC(=O)N1Cc2ccccc2C#Cc2ccccc21)C(=O)N[C@@H](CCCNC(N)=O)C(=O)Nc1ccc2c(c1)[C@@]1(C)CCC[C@](C)(C(=O)NC(=O)[C@@]3(C)CCC[C@]4(C)c5cc(O)ccc5CC[C@@H]34)[C@@H]1CC2. The standard InChI is InChI=1S/C103H151N12O24P/c1-71(2)93(96(123)112-83(24-16-45-109-99(105)126)94(121)110-77-33-29-73-31-35-86-100(3,79(73)67-77)40-17-42-102(86,5)97(124)114-98(125)103(6)43-18-41-101(4)80-68-78(116)34-30-74(80)32-36-87(101)103)113-95(122)82(23-14-15-44-107-90(119)70-139-85-26-9-7-8-22-81(92(85)104)106-46-49-131-52-55-134-59-60-136-61-62-137-63-64-138-65-66-140(127,128)129)111-89(118)39-48-130-51-54-133-57-58-135-56-53-132-50-47-108-88(117)37-38-91(120)115-69-76-21-11-10-19-72(76)27-28-75-20-12-13-25-84(75)115/h10-13,19-21,25,29-30,33-34,67-68,71,82-83,85-87,93,106,116H,7-9,14-18,22-24,26,31-32,35-66,69-70,104H2,1-6H3,(H,107,119)(H,108,117)(H,110,121)(H,111,118)(H,112,123)(H,113,122)(H3,105,109,126)(H,114,124,125)(H2,127,128,129)/b92-81-/t82-,83+,85?,86-,87-,93+,100-,101-,102+,103+/m1/s1. The van der Waals surface area contributed by atoms with Crippen molar-refractivity contribution < 1.29 is 115 Å². The van der Waals surface area contributed by atoms with Gasteiger partial charge in [-0.05, 0) is 202 Å². The van der Waals surface area contributed by atoms with Crippen molar-refractivity contribution in [2.75, 3.05) is 168 Å². The van der Waals surface area contributed by atoms with Gasteiger partial charge in [0, 0.05) is 68.0 Å². The number of nitrogens with one attached hydrogen (secondary N) is 9. The van der Waals surface area contributed by atoms with Gasteiger partial charge >= 0.3 is 13.6 Å². The van der Waals surface area contributed by atoms with Gasteiger partial charge in [0.05, 0.1) is 160 Å². The number of rotatable bonds is 59. The molecule has 4 aromatic rings. The van der Waals surface area contributed by atoms with Gasteiger partial charge in [-0.3, -0.25) is 53.0 Å². The Balaban J connectivity index is 0.684. The van der Waals surface area contributed by atoms with Crippen LogP contribution in [0, 0.1) is 40.4 Å². The molecule has 2 saturated carbocycles. The van der Waals surface area contributed by atoms with Crippen LogP contribution in [-0.4, -0.2) is 256 Å². The quantitative estimate of drug-likeness (QED) is 0.00856. The summed E-state index contributed by atoms with van der Waals surface area (Å²) in [5.41, 5.74) is 18.9. The molecular formula is C103H151N12O24P. The van der Waals surface area contributed by atoms with Crippen LogP contribution in [0.15, 0.2) is 96.3 Å². The van der Waals surface area contributed by atoms with E-state index in [0.717, 1.165) is 90.4 Å². The number of imide groups is 1. The summed E-state index contributed by atoms with van der Waals surface area (Å²) in [6, 6.07) is 22.1. The zero-order chi connectivity index (χ0) is 101. The lowest BCUT2D eigenvalue weighted by molar-refractivity contribution is -0.150. The van der Waals surface area contributed by atoms with Crippen LogP contribution in [0.1, 0.15) is 215 Å². The molecule has 0 aromatic heterocycles. The first-order valence-corrected chi connectivity index (χ1v) is 51.8. The maximum Gasteiger partial charge on any atom is 0.327 e. The largest absolute Gasteiger partial charge is 0.508 e. The van der Waals surface area contributed by atoms with Gasteiger partial charge in [-0.2, -0.15) is 0 Å². The Morgan fingerprint density at radius 3 is 1.65 bits per heavy atom. The summed E-state index contributed by atoms with van der Waals surface area (Å²) in [7, 11) is -4.09. The summed E-state index contributed by atoms with van der Waals surface area (Å²) in [6.07, 6.45) is 11.3. The molecule has 6 aliphatic rings. The van der Waals surface area contributed by atoms with Crippen molar-refractivity contribution in [3.8, 4) is 17.6 Å². The Hall–Kier alpha value is -9.97. The third kappa shape index (κ3) is 34.1. The third-order valence-corrected chi connectivity index (χ3v) is 28.7. The first-order chi connectivity index (χ1) is 67.3. The van der Waals surface area contributed by atoms with Crippen molar-refractivity contribution in [3.63, 3.8) is 0 Å². The topological polar surface area (TPSA) is 504 Å². The molecule has 37 heteroatoms. The van der Waals surface area contributed by atoms with Crippen LogP contribution in [0.3, 0.4) is 0 Å². The normalized spacial score (nSPS) is 21.5. The Labute approximate surface area is 823 Å². The maximum atomic E-state index is 15.1. The van der Waals surface area contributed by atoms with Gasteiger partial charge < -0.3 is 121 Å². The van der Waals surface area contributed by atoms with E-state index in [1.807, 2.05) is 92.7 Å². The minimum absolute atomic E-state index is 0.00690. The zero-order valence-electron chi connectivity index (χ0n) is 82.5. The lowest BCUT2D eigenvalue weighted by Crippen LogP contribution is -2.60. The molecule has 10 rings (SSSR count). The number of fused-ring (bicyclic) bond motifs is 8. The van der Waals surface area contributed by atoms with Gasteiger partial charge in [0.2, 0.25) is 53.2 Å². The molecule has 4 aromatic carbocycles. The number of para-hydroxylation sites is 1. The average molecular weight is 1970 g/mol. The molecular weight excluding hydrogens is 1820 g/mol. The summed E-state index contributed by atoms with van der Waals surface area (Å²) in [5, 5.41) is 37.0. The molecule has 11 amide bonds. The van der Waals surface area contributed by atoms with E-state index in [2.05, 4.69) is 73.5 Å². The summed E-state index contributed by atoms with van der Waals surface area (Å²) >= 11 is 0. The van der Waals surface area contributed by atoms with E-state index in [1.54, 1.807) is 24.8 Å².